The summed E-state index contributed by atoms with van der Waals surface area (Å²) in [7, 11) is 0. The molecule has 0 aliphatic rings. The van der Waals surface area contributed by atoms with Crippen molar-refractivity contribution in [2.45, 2.75) is 13.5 Å². The number of anilines is 1. The molecule has 132 valence electrons. The number of hydrogen-bond donors (Lipinski definition) is 1. The van der Waals surface area contributed by atoms with E-state index in [0.29, 0.717) is 12.3 Å². The molecule has 0 fully saturated rings. The van der Waals surface area contributed by atoms with Gasteiger partial charge in [0.25, 0.3) is 11.6 Å². The Kier molecular flexibility index (Phi) is 4.88. The van der Waals surface area contributed by atoms with Crippen molar-refractivity contribution in [3.05, 3.63) is 70.8 Å². The fraction of sp³-hybridized carbons (Fsp3) is 0.118. The first kappa shape index (κ1) is 17.1. The molecule has 3 rings (SSSR count). The third-order valence-electron chi connectivity index (χ3n) is 3.43. The number of aryl methyl sites for hydroxylation is 1. The number of non-ortho nitro benzene ring substituents is 1. The molecule has 26 heavy (non-hydrogen) atoms. The first-order valence-electron chi connectivity index (χ1n) is 7.77. The Labute approximate surface area is 148 Å². The van der Waals surface area contributed by atoms with Crippen LogP contribution in [0, 0.1) is 10.1 Å². The summed E-state index contributed by atoms with van der Waals surface area (Å²) in [5.74, 6) is 0.165. The van der Waals surface area contributed by atoms with E-state index < -0.39 is 10.8 Å². The lowest BCUT2D eigenvalue weighted by atomic mass is 10.2. The fourth-order valence-corrected chi connectivity index (χ4v) is 2.22. The Balaban J connectivity index is 1.85. The number of aromatic nitrogens is 3. The average Bonchev–Trinajstić information content (AvgIpc) is 3.11. The third kappa shape index (κ3) is 4.01. The molecule has 0 radical (unpaired) electrons. The fourth-order valence-electron chi connectivity index (χ4n) is 2.22. The molecular weight excluding hydrogens is 338 g/mol. The van der Waals surface area contributed by atoms with Gasteiger partial charge in [-0.3, -0.25) is 24.6 Å². The molecule has 0 atom stereocenters. The van der Waals surface area contributed by atoms with Crippen LogP contribution in [0.25, 0.3) is 0 Å². The van der Waals surface area contributed by atoms with Crippen LogP contribution in [-0.2, 0) is 6.54 Å². The molecule has 2 heterocycles. The van der Waals surface area contributed by atoms with Gasteiger partial charge in [-0.1, -0.05) is 0 Å². The van der Waals surface area contributed by atoms with Crippen molar-refractivity contribution in [2.75, 3.05) is 5.32 Å². The molecule has 0 unspecified atom stereocenters. The maximum atomic E-state index is 12.3. The van der Waals surface area contributed by atoms with Crippen molar-refractivity contribution in [3.8, 4) is 11.5 Å². The molecule has 0 aliphatic carbocycles. The summed E-state index contributed by atoms with van der Waals surface area (Å²) in [6, 6.07) is 8.94. The molecule has 9 heteroatoms. The minimum absolute atomic E-state index is 0.208. The molecule has 1 aromatic carbocycles. The van der Waals surface area contributed by atoms with Crippen molar-refractivity contribution in [1.29, 1.82) is 0 Å². The van der Waals surface area contributed by atoms with Gasteiger partial charge >= 0.3 is 0 Å². The van der Waals surface area contributed by atoms with Crippen molar-refractivity contribution >= 4 is 17.3 Å². The lowest BCUT2D eigenvalue weighted by Gasteiger charge is -2.08. The maximum Gasteiger partial charge on any atom is 0.276 e. The molecule has 9 nitrogen and oxygen atoms in total. The predicted octanol–water partition coefficient (Wildman–Crippen LogP) is 3.25. The van der Waals surface area contributed by atoms with Gasteiger partial charge in [-0.05, 0) is 25.1 Å². The quantitative estimate of drug-likeness (QED) is 0.538. The second-order valence-corrected chi connectivity index (χ2v) is 5.27. The monoisotopic (exact) mass is 353 g/mol. The smallest absolute Gasteiger partial charge is 0.276 e. The Hall–Kier alpha value is -3.75. The van der Waals surface area contributed by atoms with Crippen LogP contribution >= 0.6 is 0 Å². The molecule has 3 aromatic rings. The van der Waals surface area contributed by atoms with Crippen molar-refractivity contribution < 1.29 is 14.5 Å². The highest BCUT2D eigenvalue weighted by molar-refractivity contribution is 6.03. The van der Waals surface area contributed by atoms with E-state index in [9.17, 15) is 14.9 Å². The van der Waals surface area contributed by atoms with Crippen LogP contribution in [-0.4, -0.2) is 25.6 Å². The molecule has 1 N–H and O–H groups in total. The lowest BCUT2D eigenvalue weighted by Crippen LogP contribution is -2.13. The maximum absolute atomic E-state index is 12.3. The zero-order valence-electron chi connectivity index (χ0n) is 13.8. The van der Waals surface area contributed by atoms with Gasteiger partial charge < -0.3 is 10.1 Å². The van der Waals surface area contributed by atoms with Crippen LogP contribution in [0.3, 0.4) is 0 Å². The van der Waals surface area contributed by atoms with E-state index in [2.05, 4.69) is 15.4 Å². The van der Waals surface area contributed by atoms with Gasteiger partial charge in [0.05, 0.1) is 22.9 Å². The Morgan fingerprint density at radius 3 is 2.81 bits per heavy atom. The lowest BCUT2D eigenvalue weighted by molar-refractivity contribution is -0.384. The van der Waals surface area contributed by atoms with E-state index in [-0.39, 0.29) is 22.8 Å². The number of nitro benzene ring substituents is 1. The predicted molar refractivity (Wildman–Crippen MR) is 93.3 cm³/mol. The Bertz CT molecular complexity index is 939. The van der Waals surface area contributed by atoms with Gasteiger partial charge in [0.2, 0.25) is 0 Å². The number of nitro groups is 1. The van der Waals surface area contributed by atoms with E-state index in [1.54, 1.807) is 35.3 Å². The highest BCUT2D eigenvalue weighted by Crippen LogP contribution is 2.29. The second-order valence-electron chi connectivity index (χ2n) is 5.27. The van der Waals surface area contributed by atoms with Gasteiger partial charge in [-0.25, -0.2) is 0 Å². The number of amides is 1. The molecule has 1 amide bonds. The number of ether oxygens (including phenoxy) is 1. The number of hydrogen-bond acceptors (Lipinski definition) is 6. The summed E-state index contributed by atoms with van der Waals surface area (Å²) in [5, 5.41) is 17.9. The van der Waals surface area contributed by atoms with Gasteiger partial charge in [0.1, 0.15) is 11.5 Å². The summed E-state index contributed by atoms with van der Waals surface area (Å²) in [5.41, 5.74) is 0.239. The molecule has 2 aromatic heterocycles. The number of carbonyl (C=O) groups is 1. The normalized spacial score (nSPS) is 10.3. The van der Waals surface area contributed by atoms with Crippen molar-refractivity contribution in [1.82, 2.24) is 14.8 Å². The van der Waals surface area contributed by atoms with Crippen LogP contribution in [0.5, 0.6) is 11.5 Å². The molecule has 0 saturated heterocycles. The largest absolute Gasteiger partial charge is 0.455 e. The number of nitrogens with zero attached hydrogens (tertiary/aromatic N) is 4. The molecular formula is C17H15N5O4. The van der Waals surface area contributed by atoms with Gasteiger partial charge in [0, 0.05) is 31.1 Å². The summed E-state index contributed by atoms with van der Waals surface area (Å²) in [4.78, 5) is 26.8. The minimum atomic E-state index is -0.558. The third-order valence-corrected chi connectivity index (χ3v) is 3.43. The number of rotatable bonds is 6. The number of nitrogens with one attached hydrogen (secondary N) is 1. The van der Waals surface area contributed by atoms with E-state index in [1.807, 2.05) is 6.92 Å². The summed E-state index contributed by atoms with van der Waals surface area (Å²) in [6.07, 6.45) is 4.75. The van der Waals surface area contributed by atoms with E-state index >= 15 is 0 Å². The van der Waals surface area contributed by atoms with Gasteiger partial charge in [-0.15, -0.1) is 0 Å². The SMILES string of the molecule is CCn1ccc(C(=O)Nc2cc(Oc3cccnc3)cc([N+](=O)[O-])c2)n1. The number of benzene rings is 1. The van der Waals surface area contributed by atoms with Crippen LogP contribution in [0.4, 0.5) is 11.4 Å². The topological polar surface area (TPSA) is 112 Å². The first-order valence-corrected chi connectivity index (χ1v) is 7.77. The molecule has 0 saturated carbocycles. The Morgan fingerprint density at radius 2 is 2.15 bits per heavy atom. The standard InChI is InChI=1S/C17H15N5O4/c1-2-21-7-5-16(20-21)17(23)19-12-8-13(22(24)25)10-15(9-12)26-14-4-3-6-18-11-14/h3-11H,2H2,1H3,(H,19,23). The minimum Gasteiger partial charge on any atom is -0.455 e. The van der Waals surface area contributed by atoms with Gasteiger partial charge in [0.15, 0.2) is 5.69 Å². The van der Waals surface area contributed by atoms with Crippen LogP contribution in [0.1, 0.15) is 17.4 Å². The second kappa shape index (κ2) is 7.43. The summed E-state index contributed by atoms with van der Waals surface area (Å²) in [6.45, 7) is 2.53. The first-order chi connectivity index (χ1) is 12.5. The number of pyridine rings is 1. The average molecular weight is 353 g/mol. The zero-order valence-corrected chi connectivity index (χ0v) is 13.8. The van der Waals surface area contributed by atoms with E-state index in [1.165, 1.54) is 24.4 Å². The highest BCUT2D eigenvalue weighted by Gasteiger charge is 2.15. The highest BCUT2D eigenvalue weighted by atomic mass is 16.6. The van der Waals surface area contributed by atoms with E-state index in [4.69, 9.17) is 4.74 Å². The molecule has 0 aliphatic heterocycles. The van der Waals surface area contributed by atoms with Gasteiger partial charge in [-0.2, -0.15) is 5.10 Å². The molecule has 0 spiro atoms. The van der Waals surface area contributed by atoms with E-state index in [0.717, 1.165) is 0 Å². The summed E-state index contributed by atoms with van der Waals surface area (Å²) < 4.78 is 7.19. The van der Waals surface area contributed by atoms with Crippen molar-refractivity contribution in [2.24, 2.45) is 0 Å². The Morgan fingerprint density at radius 1 is 1.31 bits per heavy atom. The van der Waals surface area contributed by atoms with Crippen LogP contribution in [0.15, 0.2) is 55.0 Å². The van der Waals surface area contributed by atoms with Crippen LogP contribution in [0.2, 0.25) is 0 Å². The van der Waals surface area contributed by atoms with Crippen molar-refractivity contribution in [3.63, 3.8) is 0 Å². The number of carbonyl (C=O) groups excluding carboxylic acids is 1. The zero-order chi connectivity index (χ0) is 18.5. The summed E-state index contributed by atoms with van der Waals surface area (Å²) >= 11 is 0. The van der Waals surface area contributed by atoms with Crippen LogP contribution < -0.4 is 10.1 Å². The molecule has 0 bridgehead atoms.